The third-order valence-corrected chi connectivity index (χ3v) is 3.14. The maximum Gasteiger partial charge on any atom is 0.411 e. The van der Waals surface area contributed by atoms with E-state index >= 15 is 0 Å². The number of likely N-dealkylation sites (tertiary alicyclic amines) is 1. The summed E-state index contributed by atoms with van der Waals surface area (Å²) in [6, 6.07) is -0.992. The average molecular weight is 315 g/mol. The molecule has 1 rings (SSSR count). The van der Waals surface area contributed by atoms with Crippen LogP contribution in [0, 0.1) is 5.92 Å². The second kappa shape index (κ2) is 7.47. The van der Waals surface area contributed by atoms with Crippen molar-refractivity contribution in [1.82, 2.24) is 4.90 Å². The van der Waals surface area contributed by atoms with Crippen molar-refractivity contribution in [2.24, 2.45) is 5.92 Å². The lowest BCUT2D eigenvalue weighted by Crippen LogP contribution is -2.47. The van der Waals surface area contributed by atoms with Gasteiger partial charge in [0.25, 0.3) is 0 Å². The number of hydrogen-bond donors (Lipinski definition) is 0. The molecule has 1 heterocycles. The Morgan fingerprint density at radius 2 is 1.59 bits per heavy atom. The Hall–Kier alpha value is -1.79. The lowest BCUT2D eigenvalue weighted by atomic mass is 10.0. The van der Waals surface area contributed by atoms with Crippen molar-refractivity contribution < 1.29 is 28.6 Å². The summed E-state index contributed by atoms with van der Waals surface area (Å²) in [5.74, 6) is -1.82. The molecule has 1 fully saturated rings. The predicted molar refractivity (Wildman–Crippen MR) is 78.1 cm³/mol. The van der Waals surface area contributed by atoms with Gasteiger partial charge in [0.1, 0.15) is 11.6 Å². The van der Waals surface area contributed by atoms with Gasteiger partial charge in [-0.05, 0) is 41.0 Å². The molecule has 1 amide bonds. The zero-order valence-electron chi connectivity index (χ0n) is 13.9. The number of amides is 1. The number of nitrogens with zero attached hydrogens (tertiary/aromatic N) is 1. The normalized spacial score (nSPS) is 21.4. The highest BCUT2D eigenvalue weighted by molar-refractivity contribution is 5.89. The summed E-state index contributed by atoms with van der Waals surface area (Å²) < 4.78 is 15.3. The van der Waals surface area contributed by atoms with Gasteiger partial charge in [-0.25, -0.2) is 9.59 Å². The average Bonchev–Trinajstić information content (AvgIpc) is 2.82. The Labute approximate surface area is 130 Å². The summed E-state index contributed by atoms with van der Waals surface area (Å²) in [6.07, 6.45) is -0.279. The molecule has 7 heteroatoms. The van der Waals surface area contributed by atoms with Crippen molar-refractivity contribution in [3.63, 3.8) is 0 Å². The molecule has 0 N–H and O–H groups in total. The van der Waals surface area contributed by atoms with E-state index in [1.165, 1.54) is 4.90 Å². The van der Waals surface area contributed by atoms with E-state index in [1.54, 1.807) is 34.6 Å². The van der Waals surface area contributed by atoms with Crippen molar-refractivity contribution in [2.75, 3.05) is 19.8 Å². The first-order valence-electron chi connectivity index (χ1n) is 7.54. The van der Waals surface area contributed by atoms with Gasteiger partial charge in [0, 0.05) is 6.54 Å². The molecule has 1 aliphatic rings. The quantitative estimate of drug-likeness (QED) is 0.580. The number of hydrogen-bond acceptors (Lipinski definition) is 6. The van der Waals surface area contributed by atoms with Gasteiger partial charge in [0.05, 0.1) is 19.1 Å². The van der Waals surface area contributed by atoms with E-state index in [1.807, 2.05) is 0 Å². The topological polar surface area (TPSA) is 82.1 Å². The van der Waals surface area contributed by atoms with Gasteiger partial charge in [0.15, 0.2) is 0 Å². The molecule has 0 aromatic heterocycles. The fourth-order valence-corrected chi connectivity index (χ4v) is 2.33. The van der Waals surface area contributed by atoms with Gasteiger partial charge in [-0.15, -0.1) is 0 Å². The molecule has 126 valence electrons. The molecule has 7 nitrogen and oxygen atoms in total. The van der Waals surface area contributed by atoms with Crippen LogP contribution in [-0.4, -0.2) is 54.3 Å². The van der Waals surface area contributed by atoms with E-state index in [0.717, 1.165) is 0 Å². The number of rotatable bonds is 4. The van der Waals surface area contributed by atoms with Crippen LogP contribution < -0.4 is 0 Å². The van der Waals surface area contributed by atoms with E-state index in [9.17, 15) is 14.4 Å². The van der Waals surface area contributed by atoms with Gasteiger partial charge >= 0.3 is 18.0 Å². The fraction of sp³-hybridized carbons (Fsp3) is 0.800. The smallest absolute Gasteiger partial charge is 0.411 e. The molecule has 1 aliphatic heterocycles. The maximum absolute atomic E-state index is 12.2. The number of carbonyl (C=O) groups excluding carboxylic acids is 3. The number of ether oxygens (including phenoxy) is 3. The Morgan fingerprint density at radius 3 is 2.09 bits per heavy atom. The molecule has 0 aromatic rings. The first-order valence-corrected chi connectivity index (χ1v) is 7.54. The van der Waals surface area contributed by atoms with Crippen LogP contribution in [0.2, 0.25) is 0 Å². The molecular weight excluding hydrogens is 290 g/mol. The SMILES string of the molecule is CCOC(=O)[C@@H]1[C@H](C(=O)OCC)CCN1C(=O)OC(C)(C)C. The summed E-state index contributed by atoms with van der Waals surface area (Å²) in [5, 5.41) is 0. The molecule has 0 saturated carbocycles. The molecular formula is C15H25NO6. The van der Waals surface area contributed by atoms with Crippen molar-refractivity contribution in [3.05, 3.63) is 0 Å². The molecule has 0 radical (unpaired) electrons. The Morgan fingerprint density at radius 1 is 1.05 bits per heavy atom. The van der Waals surface area contributed by atoms with Crippen LogP contribution in [-0.2, 0) is 23.8 Å². The number of carbonyl (C=O) groups is 3. The third-order valence-electron chi connectivity index (χ3n) is 3.14. The van der Waals surface area contributed by atoms with E-state index in [-0.39, 0.29) is 19.8 Å². The highest BCUT2D eigenvalue weighted by Gasteiger charge is 2.48. The van der Waals surface area contributed by atoms with Gasteiger partial charge in [-0.3, -0.25) is 9.69 Å². The van der Waals surface area contributed by atoms with Gasteiger partial charge in [0.2, 0.25) is 0 Å². The van der Waals surface area contributed by atoms with Crippen molar-refractivity contribution >= 4 is 18.0 Å². The molecule has 0 bridgehead atoms. The third kappa shape index (κ3) is 4.61. The van der Waals surface area contributed by atoms with E-state index in [4.69, 9.17) is 14.2 Å². The summed E-state index contributed by atoms with van der Waals surface area (Å²) in [5.41, 5.74) is -0.682. The largest absolute Gasteiger partial charge is 0.466 e. The molecule has 2 atom stereocenters. The molecule has 0 aromatic carbocycles. The van der Waals surface area contributed by atoms with Crippen molar-refractivity contribution in [2.45, 2.75) is 52.7 Å². The second-order valence-electron chi connectivity index (χ2n) is 6.02. The molecule has 0 spiro atoms. The lowest BCUT2D eigenvalue weighted by molar-refractivity contribution is -0.158. The first kappa shape index (κ1) is 18.3. The zero-order chi connectivity index (χ0) is 16.9. The van der Waals surface area contributed by atoms with Gasteiger partial charge < -0.3 is 14.2 Å². The Kier molecular flexibility index (Phi) is 6.20. The minimum atomic E-state index is -0.992. The minimum absolute atomic E-state index is 0.174. The predicted octanol–water partition coefficient (Wildman–Crippen LogP) is 1.74. The van der Waals surface area contributed by atoms with Crippen LogP contribution in [0.3, 0.4) is 0 Å². The van der Waals surface area contributed by atoms with E-state index < -0.39 is 35.6 Å². The van der Waals surface area contributed by atoms with Crippen LogP contribution in [0.15, 0.2) is 0 Å². The molecule has 0 unspecified atom stereocenters. The van der Waals surface area contributed by atoms with Crippen LogP contribution in [0.1, 0.15) is 41.0 Å². The fourth-order valence-electron chi connectivity index (χ4n) is 2.33. The van der Waals surface area contributed by atoms with Gasteiger partial charge in [-0.2, -0.15) is 0 Å². The zero-order valence-corrected chi connectivity index (χ0v) is 13.9. The van der Waals surface area contributed by atoms with Gasteiger partial charge in [-0.1, -0.05) is 0 Å². The molecule has 22 heavy (non-hydrogen) atoms. The summed E-state index contributed by atoms with van der Waals surface area (Å²) in [4.78, 5) is 37.7. The second-order valence-corrected chi connectivity index (χ2v) is 6.02. The highest BCUT2D eigenvalue weighted by atomic mass is 16.6. The van der Waals surface area contributed by atoms with Crippen LogP contribution >= 0.6 is 0 Å². The van der Waals surface area contributed by atoms with Crippen LogP contribution in [0.5, 0.6) is 0 Å². The summed E-state index contributed by atoms with van der Waals surface area (Å²) in [7, 11) is 0. The standard InChI is InChI=1S/C15H25NO6/c1-6-20-12(17)10-8-9-16(11(10)13(18)21-7-2)14(19)22-15(3,4)5/h10-11H,6-9H2,1-5H3/t10-,11+/m1/s1. The van der Waals surface area contributed by atoms with Crippen molar-refractivity contribution in [3.8, 4) is 0 Å². The molecule has 0 aliphatic carbocycles. The van der Waals surface area contributed by atoms with Crippen LogP contribution in [0.25, 0.3) is 0 Å². The minimum Gasteiger partial charge on any atom is -0.466 e. The lowest BCUT2D eigenvalue weighted by Gasteiger charge is -2.28. The van der Waals surface area contributed by atoms with Crippen LogP contribution in [0.4, 0.5) is 4.79 Å². The van der Waals surface area contributed by atoms with Crippen molar-refractivity contribution in [1.29, 1.82) is 0 Å². The number of esters is 2. The first-order chi connectivity index (χ1) is 10.2. The summed E-state index contributed by atoms with van der Waals surface area (Å²) >= 11 is 0. The van der Waals surface area contributed by atoms with E-state index in [2.05, 4.69) is 0 Å². The monoisotopic (exact) mass is 315 g/mol. The molecule has 1 saturated heterocycles. The highest BCUT2D eigenvalue weighted by Crippen LogP contribution is 2.28. The Balaban J connectivity index is 2.94. The Bertz CT molecular complexity index is 428. The maximum atomic E-state index is 12.2. The summed E-state index contributed by atoms with van der Waals surface area (Å²) in [6.45, 7) is 9.23. The van der Waals surface area contributed by atoms with E-state index in [0.29, 0.717) is 6.42 Å².